The van der Waals surface area contributed by atoms with Crippen molar-refractivity contribution in [3.8, 4) is 0 Å². The number of carboxylic acid groups (broad SMARTS) is 2. The molecule has 0 fully saturated rings. The summed E-state index contributed by atoms with van der Waals surface area (Å²) in [6.07, 6.45) is 20.1. The molecule has 0 saturated heterocycles. The van der Waals surface area contributed by atoms with Gasteiger partial charge in [0, 0.05) is 0 Å². The molecule has 0 amide bonds. The van der Waals surface area contributed by atoms with Gasteiger partial charge in [0.1, 0.15) is 0 Å². The molecule has 0 saturated carbocycles. The third-order valence-electron chi connectivity index (χ3n) is 4.35. The Kier molecular flexibility index (Phi) is 15.6. The molecule has 0 rings (SSSR count). The maximum absolute atomic E-state index is 10.7. The van der Waals surface area contributed by atoms with Gasteiger partial charge in [-0.2, -0.15) is 0 Å². The number of hydrogen-bond donors (Lipinski definition) is 2. The molecule has 0 heterocycles. The lowest BCUT2D eigenvalue weighted by atomic mass is 10.0. The van der Waals surface area contributed by atoms with Crippen LogP contribution in [-0.2, 0) is 9.59 Å². The second-order valence-electron chi connectivity index (χ2n) is 6.60. The van der Waals surface area contributed by atoms with Gasteiger partial charge >= 0.3 is 11.9 Å². The van der Waals surface area contributed by atoms with E-state index in [-0.39, 0.29) is 6.42 Å². The molecule has 0 aromatic heterocycles. The Morgan fingerprint density at radius 1 is 0.708 bits per heavy atom. The van der Waals surface area contributed by atoms with E-state index in [0.29, 0.717) is 6.42 Å². The van der Waals surface area contributed by atoms with Gasteiger partial charge in [-0.3, -0.25) is 9.59 Å². The first-order chi connectivity index (χ1) is 11.6. The van der Waals surface area contributed by atoms with Crippen LogP contribution in [0.2, 0.25) is 0 Å². The second-order valence-corrected chi connectivity index (χ2v) is 6.60. The van der Waals surface area contributed by atoms with E-state index in [4.69, 9.17) is 10.2 Å². The van der Waals surface area contributed by atoms with E-state index in [0.717, 1.165) is 25.7 Å². The zero-order valence-corrected chi connectivity index (χ0v) is 15.3. The van der Waals surface area contributed by atoms with Gasteiger partial charge in [0.05, 0.1) is 0 Å². The summed E-state index contributed by atoms with van der Waals surface area (Å²) in [4.78, 5) is 21.5. The SMILES string of the molecule is CCCCCCCC=CCCCCCCCCC(C(=O)O)C(=O)O. The van der Waals surface area contributed by atoms with Crippen LogP contribution in [0, 0.1) is 5.92 Å². The first-order valence-corrected chi connectivity index (χ1v) is 9.70. The van der Waals surface area contributed by atoms with E-state index in [9.17, 15) is 9.59 Å². The van der Waals surface area contributed by atoms with Gasteiger partial charge in [0.15, 0.2) is 5.92 Å². The van der Waals surface area contributed by atoms with Crippen molar-refractivity contribution in [1.82, 2.24) is 0 Å². The molecule has 4 heteroatoms. The molecule has 0 aromatic carbocycles. The van der Waals surface area contributed by atoms with E-state index in [1.807, 2.05) is 0 Å². The smallest absolute Gasteiger partial charge is 0.317 e. The first-order valence-electron chi connectivity index (χ1n) is 9.70. The van der Waals surface area contributed by atoms with Crippen molar-refractivity contribution in [3.05, 3.63) is 12.2 Å². The molecule has 0 unspecified atom stereocenters. The number of aliphatic carboxylic acids is 2. The summed E-state index contributed by atoms with van der Waals surface area (Å²) < 4.78 is 0. The van der Waals surface area contributed by atoms with Crippen molar-refractivity contribution < 1.29 is 19.8 Å². The molecule has 0 aliphatic heterocycles. The summed E-state index contributed by atoms with van der Waals surface area (Å²) in [6.45, 7) is 2.24. The highest BCUT2D eigenvalue weighted by Gasteiger charge is 2.24. The third kappa shape index (κ3) is 14.3. The van der Waals surface area contributed by atoms with Gasteiger partial charge in [-0.25, -0.2) is 0 Å². The fourth-order valence-corrected chi connectivity index (χ4v) is 2.77. The van der Waals surface area contributed by atoms with Crippen LogP contribution < -0.4 is 0 Å². The van der Waals surface area contributed by atoms with E-state index in [2.05, 4.69) is 19.1 Å². The van der Waals surface area contributed by atoms with Crippen LogP contribution in [0.15, 0.2) is 12.2 Å². The number of allylic oxidation sites excluding steroid dienone is 2. The highest BCUT2D eigenvalue weighted by molar-refractivity contribution is 5.92. The molecule has 0 spiro atoms. The Labute approximate surface area is 147 Å². The molecule has 24 heavy (non-hydrogen) atoms. The van der Waals surface area contributed by atoms with Crippen molar-refractivity contribution in [2.45, 2.75) is 96.8 Å². The summed E-state index contributed by atoms with van der Waals surface area (Å²) >= 11 is 0. The number of carboxylic acids is 2. The summed E-state index contributed by atoms with van der Waals surface area (Å²) in [7, 11) is 0. The molecule has 0 aromatic rings. The Balaban J connectivity index is 3.33. The predicted octanol–water partition coefficient (Wildman–Crippen LogP) is 5.81. The van der Waals surface area contributed by atoms with E-state index < -0.39 is 17.9 Å². The van der Waals surface area contributed by atoms with Crippen LogP contribution >= 0.6 is 0 Å². The molecule has 140 valence electrons. The Hall–Kier alpha value is -1.32. The van der Waals surface area contributed by atoms with Gasteiger partial charge < -0.3 is 10.2 Å². The molecule has 0 radical (unpaired) electrons. The van der Waals surface area contributed by atoms with E-state index in [1.54, 1.807) is 0 Å². The number of hydrogen-bond acceptors (Lipinski definition) is 2. The molecule has 0 aliphatic rings. The lowest BCUT2D eigenvalue weighted by Crippen LogP contribution is -2.23. The minimum absolute atomic E-state index is 0.242. The monoisotopic (exact) mass is 340 g/mol. The van der Waals surface area contributed by atoms with Gasteiger partial charge in [-0.15, -0.1) is 0 Å². The number of rotatable bonds is 17. The number of carbonyl (C=O) groups is 2. The molecule has 2 N–H and O–H groups in total. The normalized spacial score (nSPS) is 11.4. The largest absolute Gasteiger partial charge is 0.481 e. The molecular formula is C20H36O4. The van der Waals surface area contributed by atoms with Gasteiger partial charge in [-0.05, 0) is 32.1 Å². The summed E-state index contributed by atoms with van der Waals surface area (Å²) in [5.41, 5.74) is 0. The molecular weight excluding hydrogens is 304 g/mol. The maximum Gasteiger partial charge on any atom is 0.317 e. The van der Waals surface area contributed by atoms with Gasteiger partial charge in [0.25, 0.3) is 0 Å². The number of unbranched alkanes of at least 4 members (excludes halogenated alkanes) is 11. The Morgan fingerprint density at radius 2 is 1.12 bits per heavy atom. The van der Waals surface area contributed by atoms with Crippen LogP contribution in [0.4, 0.5) is 0 Å². The zero-order valence-electron chi connectivity index (χ0n) is 15.3. The third-order valence-corrected chi connectivity index (χ3v) is 4.35. The van der Waals surface area contributed by atoms with E-state index in [1.165, 1.54) is 51.4 Å². The maximum atomic E-state index is 10.7. The van der Waals surface area contributed by atoms with Gasteiger partial charge in [-0.1, -0.05) is 76.9 Å². The zero-order chi connectivity index (χ0) is 18.0. The quantitative estimate of drug-likeness (QED) is 0.199. The van der Waals surface area contributed by atoms with Crippen LogP contribution in [0.25, 0.3) is 0 Å². The highest BCUT2D eigenvalue weighted by Crippen LogP contribution is 2.14. The standard InChI is InChI=1S/C20H36O4/c1-2-3-4-5-6-7-8-9-10-11-12-13-14-15-16-17-18(19(21)22)20(23)24/h8-9,18H,2-7,10-17H2,1H3,(H,21,22)(H,23,24). The molecule has 0 aliphatic carbocycles. The molecule has 0 bridgehead atoms. The Bertz CT molecular complexity index is 336. The summed E-state index contributed by atoms with van der Waals surface area (Å²) in [6, 6.07) is 0. The minimum Gasteiger partial charge on any atom is -0.481 e. The Morgan fingerprint density at radius 3 is 1.58 bits per heavy atom. The van der Waals surface area contributed by atoms with Crippen molar-refractivity contribution >= 4 is 11.9 Å². The summed E-state index contributed by atoms with van der Waals surface area (Å²) in [5.74, 6) is -3.68. The van der Waals surface area contributed by atoms with E-state index >= 15 is 0 Å². The highest BCUT2D eigenvalue weighted by atomic mass is 16.4. The lowest BCUT2D eigenvalue weighted by molar-refractivity contribution is -0.154. The van der Waals surface area contributed by atoms with Gasteiger partial charge in [0.2, 0.25) is 0 Å². The van der Waals surface area contributed by atoms with Crippen molar-refractivity contribution in [2.75, 3.05) is 0 Å². The first kappa shape index (κ1) is 22.7. The average molecular weight is 341 g/mol. The van der Waals surface area contributed by atoms with Crippen molar-refractivity contribution in [2.24, 2.45) is 5.92 Å². The molecule has 0 atom stereocenters. The predicted molar refractivity (Wildman–Crippen MR) is 98.2 cm³/mol. The fraction of sp³-hybridized carbons (Fsp3) is 0.800. The average Bonchev–Trinajstić information content (AvgIpc) is 2.53. The van der Waals surface area contributed by atoms with Crippen LogP contribution in [0.3, 0.4) is 0 Å². The van der Waals surface area contributed by atoms with Crippen LogP contribution in [0.5, 0.6) is 0 Å². The fourth-order valence-electron chi connectivity index (χ4n) is 2.77. The molecule has 4 nitrogen and oxygen atoms in total. The topological polar surface area (TPSA) is 74.6 Å². The van der Waals surface area contributed by atoms with Crippen LogP contribution in [-0.4, -0.2) is 22.2 Å². The van der Waals surface area contributed by atoms with Crippen molar-refractivity contribution in [3.63, 3.8) is 0 Å². The second kappa shape index (κ2) is 16.5. The summed E-state index contributed by atoms with van der Waals surface area (Å²) in [5, 5.41) is 17.5. The van der Waals surface area contributed by atoms with Crippen molar-refractivity contribution in [1.29, 1.82) is 0 Å². The van der Waals surface area contributed by atoms with Crippen LogP contribution in [0.1, 0.15) is 96.8 Å². The minimum atomic E-state index is -1.24. The lowest BCUT2D eigenvalue weighted by Gasteiger charge is -2.06.